The quantitative estimate of drug-likeness (QED) is 0.782. The second-order valence-corrected chi connectivity index (χ2v) is 6.21. The minimum atomic E-state index is -0.785. The number of nitrogens with zero attached hydrogens (tertiary/aromatic N) is 1. The summed E-state index contributed by atoms with van der Waals surface area (Å²) < 4.78 is 0. The third-order valence-electron chi connectivity index (χ3n) is 2.99. The van der Waals surface area contributed by atoms with E-state index >= 15 is 0 Å². The van der Waals surface area contributed by atoms with Crippen LogP contribution in [0, 0.1) is 0 Å². The Labute approximate surface area is 126 Å². The molecule has 6 heteroatoms. The standard InChI is InChI=1S/C14H18N2O2S2/c1-2-3-4-12(14(17)18)15-7-11-9-20-13(16-11)10-5-6-19-8-10/h5-6,8-9,12,15H,2-4,7H2,1H3,(H,17,18). The minimum absolute atomic E-state index is 0.485. The number of carbonyl (C=O) groups is 1. The van der Waals surface area contributed by atoms with Gasteiger partial charge in [-0.2, -0.15) is 11.3 Å². The van der Waals surface area contributed by atoms with E-state index in [1.165, 1.54) is 0 Å². The number of carboxylic acids is 1. The van der Waals surface area contributed by atoms with Crippen LogP contribution < -0.4 is 5.32 Å². The molecule has 0 aliphatic rings. The molecule has 1 atom stereocenters. The number of thiazole rings is 1. The Balaban J connectivity index is 1.91. The van der Waals surface area contributed by atoms with Gasteiger partial charge in [-0.1, -0.05) is 19.8 Å². The lowest BCUT2D eigenvalue weighted by atomic mass is 10.1. The van der Waals surface area contributed by atoms with Crippen LogP contribution in [0.3, 0.4) is 0 Å². The maximum absolute atomic E-state index is 11.1. The molecule has 0 spiro atoms. The number of rotatable bonds is 8. The topological polar surface area (TPSA) is 62.2 Å². The summed E-state index contributed by atoms with van der Waals surface area (Å²) in [6.45, 7) is 2.56. The summed E-state index contributed by atoms with van der Waals surface area (Å²) in [6.07, 6.45) is 2.58. The molecule has 2 heterocycles. The van der Waals surface area contributed by atoms with Crippen LogP contribution in [0.5, 0.6) is 0 Å². The van der Waals surface area contributed by atoms with Crippen LogP contribution in [0.25, 0.3) is 10.6 Å². The van der Waals surface area contributed by atoms with Crippen LogP contribution in [0.15, 0.2) is 22.2 Å². The van der Waals surface area contributed by atoms with Gasteiger partial charge >= 0.3 is 5.97 Å². The zero-order chi connectivity index (χ0) is 14.4. The Kier molecular flexibility index (Phi) is 5.70. The number of nitrogens with one attached hydrogen (secondary N) is 1. The molecule has 0 bridgehead atoms. The van der Waals surface area contributed by atoms with E-state index < -0.39 is 12.0 Å². The van der Waals surface area contributed by atoms with E-state index in [-0.39, 0.29) is 0 Å². The van der Waals surface area contributed by atoms with Crippen molar-refractivity contribution in [1.82, 2.24) is 10.3 Å². The third-order valence-corrected chi connectivity index (χ3v) is 4.62. The molecule has 0 fully saturated rings. The normalized spacial score (nSPS) is 12.4. The second kappa shape index (κ2) is 7.52. The highest BCUT2D eigenvalue weighted by Gasteiger charge is 2.16. The fourth-order valence-electron chi connectivity index (χ4n) is 1.86. The Morgan fingerprint density at radius 2 is 2.35 bits per heavy atom. The van der Waals surface area contributed by atoms with Crippen molar-refractivity contribution in [2.75, 3.05) is 0 Å². The molecule has 1 unspecified atom stereocenters. The Morgan fingerprint density at radius 1 is 1.50 bits per heavy atom. The number of hydrogen-bond acceptors (Lipinski definition) is 5. The lowest BCUT2D eigenvalue weighted by molar-refractivity contribution is -0.139. The summed E-state index contributed by atoms with van der Waals surface area (Å²) in [5.41, 5.74) is 2.03. The summed E-state index contributed by atoms with van der Waals surface area (Å²) in [7, 11) is 0. The Hall–Kier alpha value is -1.24. The van der Waals surface area contributed by atoms with Gasteiger partial charge in [-0.3, -0.25) is 10.1 Å². The number of thiophene rings is 1. The molecule has 2 rings (SSSR count). The highest BCUT2D eigenvalue weighted by molar-refractivity contribution is 7.14. The van der Waals surface area contributed by atoms with E-state index in [1.54, 1.807) is 22.7 Å². The van der Waals surface area contributed by atoms with E-state index in [0.717, 1.165) is 29.1 Å². The second-order valence-electron chi connectivity index (χ2n) is 4.57. The number of hydrogen-bond donors (Lipinski definition) is 2. The highest BCUT2D eigenvalue weighted by Crippen LogP contribution is 2.25. The predicted octanol–water partition coefficient (Wildman–Crippen LogP) is 3.60. The molecule has 0 radical (unpaired) electrons. The maximum atomic E-state index is 11.1. The highest BCUT2D eigenvalue weighted by atomic mass is 32.1. The van der Waals surface area contributed by atoms with Crippen LogP contribution in [-0.2, 0) is 11.3 Å². The summed E-state index contributed by atoms with van der Waals surface area (Å²) >= 11 is 3.24. The molecule has 2 N–H and O–H groups in total. The first-order chi connectivity index (χ1) is 9.70. The number of carboxylic acid groups (broad SMARTS) is 1. The summed E-state index contributed by atoms with van der Waals surface area (Å²) in [5.74, 6) is -0.785. The molecule has 108 valence electrons. The van der Waals surface area contributed by atoms with Crippen molar-refractivity contribution < 1.29 is 9.90 Å². The van der Waals surface area contributed by atoms with Gasteiger partial charge in [0.15, 0.2) is 0 Å². The first-order valence-electron chi connectivity index (χ1n) is 6.64. The van der Waals surface area contributed by atoms with Crippen LogP contribution in [0.1, 0.15) is 31.9 Å². The average Bonchev–Trinajstić information content (AvgIpc) is 3.09. The fraction of sp³-hybridized carbons (Fsp3) is 0.429. The molecule has 0 saturated heterocycles. The van der Waals surface area contributed by atoms with Crippen molar-refractivity contribution in [1.29, 1.82) is 0 Å². The lowest BCUT2D eigenvalue weighted by Crippen LogP contribution is -2.36. The van der Waals surface area contributed by atoms with Gasteiger partial charge in [-0.05, 0) is 17.9 Å². The van der Waals surface area contributed by atoms with Crippen molar-refractivity contribution in [3.63, 3.8) is 0 Å². The smallest absolute Gasteiger partial charge is 0.320 e. The van der Waals surface area contributed by atoms with E-state index in [9.17, 15) is 4.79 Å². The van der Waals surface area contributed by atoms with E-state index in [2.05, 4.69) is 22.6 Å². The minimum Gasteiger partial charge on any atom is -0.480 e. The van der Waals surface area contributed by atoms with Crippen molar-refractivity contribution in [2.24, 2.45) is 0 Å². The average molecular weight is 310 g/mol. The number of aliphatic carboxylic acids is 1. The van der Waals surface area contributed by atoms with Gasteiger partial charge in [-0.25, -0.2) is 4.98 Å². The first kappa shape index (κ1) is 15.2. The van der Waals surface area contributed by atoms with Crippen molar-refractivity contribution in [3.05, 3.63) is 27.9 Å². The molecule has 0 aliphatic heterocycles. The van der Waals surface area contributed by atoms with Gasteiger partial charge in [0.05, 0.1) is 5.69 Å². The Morgan fingerprint density at radius 3 is 3.00 bits per heavy atom. The molecule has 2 aromatic rings. The zero-order valence-corrected chi connectivity index (χ0v) is 13.0. The monoisotopic (exact) mass is 310 g/mol. The number of unbranched alkanes of at least 4 members (excludes halogenated alkanes) is 1. The van der Waals surface area contributed by atoms with Crippen LogP contribution in [0.4, 0.5) is 0 Å². The summed E-state index contributed by atoms with van der Waals surface area (Å²) in [4.78, 5) is 15.7. The van der Waals surface area contributed by atoms with E-state index in [1.807, 2.05) is 16.8 Å². The SMILES string of the molecule is CCCCC(NCc1csc(-c2ccsc2)n1)C(=O)O. The lowest BCUT2D eigenvalue weighted by Gasteiger charge is -2.12. The molecule has 20 heavy (non-hydrogen) atoms. The molecule has 4 nitrogen and oxygen atoms in total. The van der Waals surface area contributed by atoms with Crippen molar-refractivity contribution in [3.8, 4) is 10.6 Å². The molecule has 2 aromatic heterocycles. The molecular weight excluding hydrogens is 292 g/mol. The maximum Gasteiger partial charge on any atom is 0.320 e. The molecule has 0 amide bonds. The molecule has 0 saturated carbocycles. The van der Waals surface area contributed by atoms with Gasteiger partial charge in [0, 0.05) is 22.9 Å². The van der Waals surface area contributed by atoms with Crippen LogP contribution in [-0.4, -0.2) is 22.1 Å². The van der Waals surface area contributed by atoms with Gasteiger partial charge in [0.2, 0.25) is 0 Å². The van der Waals surface area contributed by atoms with E-state index in [0.29, 0.717) is 13.0 Å². The van der Waals surface area contributed by atoms with Crippen molar-refractivity contribution >= 4 is 28.6 Å². The fourth-order valence-corrected chi connectivity index (χ4v) is 3.39. The molecule has 0 aliphatic carbocycles. The Bertz CT molecular complexity index is 537. The van der Waals surface area contributed by atoms with Gasteiger partial charge < -0.3 is 5.11 Å². The first-order valence-corrected chi connectivity index (χ1v) is 8.46. The summed E-state index contributed by atoms with van der Waals surface area (Å²) in [6, 6.07) is 1.56. The number of aromatic nitrogens is 1. The summed E-state index contributed by atoms with van der Waals surface area (Å²) in [5, 5.41) is 19.3. The molecule has 0 aromatic carbocycles. The van der Waals surface area contributed by atoms with Gasteiger partial charge in [0.1, 0.15) is 11.0 Å². The van der Waals surface area contributed by atoms with Gasteiger partial charge in [-0.15, -0.1) is 11.3 Å². The predicted molar refractivity (Wildman–Crippen MR) is 83.2 cm³/mol. The largest absolute Gasteiger partial charge is 0.480 e. The van der Waals surface area contributed by atoms with Crippen LogP contribution in [0.2, 0.25) is 0 Å². The van der Waals surface area contributed by atoms with Gasteiger partial charge in [0.25, 0.3) is 0 Å². The van der Waals surface area contributed by atoms with Crippen LogP contribution >= 0.6 is 22.7 Å². The van der Waals surface area contributed by atoms with E-state index in [4.69, 9.17) is 5.11 Å². The van der Waals surface area contributed by atoms with Crippen molar-refractivity contribution in [2.45, 2.75) is 38.8 Å². The zero-order valence-electron chi connectivity index (χ0n) is 11.3. The molecular formula is C14H18N2O2S2. The third kappa shape index (κ3) is 4.13.